The molecule has 26 heavy (non-hydrogen) atoms. The highest BCUT2D eigenvalue weighted by molar-refractivity contribution is 7.12. The Hall–Kier alpha value is -2.59. The van der Waals surface area contributed by atoms with Crippen LogP contribution in [0, 0.1) is 27.7 Å². The van der Waals surface area contributed by atoms with Crippen molar-refractivity contribution in [2.24, 2.45) is 0 Å². The predicted octanol–water partition coefficient (Wildman–Crippen LogP) is 5.81. The van der Waals surface area contributed by atoms with Crippen LogP contribution in [0.1, 0.15) is 37.5 Å². The Balaban J connectivity index is 1.65. The maximum Gasteiger partial charge on any atom is 0.265 e. The second-order valence-corrected chi connectivity index (χ2v) is 7.56. The van der Waals surface area contributed by atoms with Gasteiger partial charge >= 0.3 is 0 Å². The molecule has 0 aliphatic heterocycles. The van der Waals surface area contributed by atoms with E-state index in [1.165, 1.54) is 22.5 Å². The van der Waals surface area contributed by atoms with Crippen LogP contribution in [0.2, 0.25) is 0 Å². The fourth-order valence-electron chi connectivity index (χ4n) is 2.73. The number of amides is 1. The van der Waals surface area contributed by atoms with Gasteiger partial charge in [0.05, 0.1) is 4.88 Å². The highest BCUT2D eigenvalue weighted by atomic mass is 32.1. The van der Waals surface area contributed by atoms with Gasteiger partial charge in [0.2, 0.25) is 0 Å². The Morgan fingerprint density at radius 2 is 1.69 bits per heavy atom. The topological polar surface area (TPSA) is 38.3 Å². The van der Waals surface area contributed by atoms with Gasteiger partial charge in [0.25, 0.3) is 5.91 Å². The molecule has 2 aromatic carbocycles. The number of anilines is 1. The third-order valence-electron chi connectivity index (χ3n) is 4.25. The van der Waals surface area contributed by atoms with E-state index in [2.05, 4.69) is 23.5 Å². The van der Waals surface area contributed by atoms with Crippen molar-refractivity contribution >= 4 is 22.9 Å². The minimum atomic E-state index is -0.0834. The summed E-state index contributed by atoms with van der Waals surface area (Å²) in [7, 11) is 0. The largest absolute Gasteiger partial charge is 0.489 e. The summed E-state index contributed by atoms with van der Waals surface area (Å²) >= 11 is 1.44. The number of hydrogen-bond acceptors (Lipinski definition) is 3. The monoisotopic (exact) mass is 365 g/mol. The van der Waals surface area contributed by atoms with Crippen molar-refractivity contribution in [2.45, 2.75) is 34.3 Å². The normalized spacial score (nSPS) is 10.6. The highest BCUT2D eigenvalue weighted by Crippen LogP contribution is 2.23. The van der Waals surface area contributed by atoms with Crippen LogP contribution >= 0.6 is 11.3 Å². The molecule has 0 radical (unpaired) electrons. The number of thiophene rings is 1. The van der Waals surface area contributed by atoms with Crippen LogP contribution in [0.5, 0.6) is 5.75 Å². The van der Waals surface area contributed by atoms with Crippen LogP contribution in [0.15, 0.2) is 47.8 Å². The summed E-state index contributed by atoms with van der Waals surface area (Å²) in [6.45, 7) is 8.58. The first kappa shape index (κ1) is 18.2. The van der Waals surface area contributed by atoms with Crippen LogP contribution in [0.4, 0.5) is 5.69 Å². The zero-order valence-electron chi connectivity index (χ0n) is 15.6. The van der Waals surface area contributed by atoms with Gasteiger partial charge in [0.1, 0.15) is 12.4 Å². The molecule has 0 saturated carbocycles. The molecule has 0 bridgehead atoms. The number of ether oxygens (including phenoxy) is 1. The highest BCUT2D eigenvalue weighted by Gasteiger charge is 2.11. The van der Waals surface area contributed by atoms with E-state index in [4.69, 9.17) is 4.74 Å². The van der Waals surface area contributed by atoms with Gasteiger partial charge in [0, 0.05) is 11.3 Å². The van der Waals surface area contributed by atoms with Crippen LogP contribution < -0.4 is 10.1 Å². The van der Waals surface area contributed by atoms with Gasteiger partial charge in [-0.3, -0.25) is 4.79 Å². The third kappa shape index (κ3) is 4.33. The van der Waals surface area contributed by atoms with Crippen molar-refractivity contribution in [3.63, 3.8) is 0 Å². The molecule has 0 aliphatic carbocycles. The molecule has 0 atom stereocenters. The molecule has 1 amide bonds. The van der Waals surface area contributed by atoms with E-state index < -0.39 is 0 Å². The Morgan fingerprint density at radius 3 is 2.46 bits per heavy atom. The minimum absolute atomic E-state index is 0.0834. The molecule has 1 N–H and O–H groups in total. The van der Waals surface area contributed by atoms with Gasteiger partial charge in [0.15, 0.2) is 0 Å². The quantitative estimate of drug-likeness (QED) is 0.619. The smallest absolute Gasteiger partial charge is 0.265 e. The zero-order chi connectivity index (χ0) is 18.7. The lowest BCUT2D eigenvalue weighted by molar-refractivity contribution is 0.103. The summed E-state index contributed by atoms with van der Waals surface area (Å²) in [5.41, 5.74) is 6.38. The van der Waals surface area contributed by atoms with Gasteiger partial charge in [-0.1, -0.05) is 29.8 Å². The maximum atomic E-state index is 12.5. The predicted molar refractivity (Wildman–Crippen MR) is 108 cm³/mol. The Labute approximate surface area is 158 Å². The molecule has 3 nitrogen and oxygen atoms in total. The number of hydrogen-bond donors (Lipinski definition) is 1. The maximum absolute atomic E-state index is 12.5. The van der Waals surface area contributed by atoms with E-state index in [-0.39, 0.29) is 5.91 Å². The zero-order valence-corrected chi connectivity index (χ0v) is 16.4. The summed E-state index contributed by atoms with van der Waals surface area (Å²) < 4.78 is 5.92. The molecule has 134 valence electrons. The van der Waals surface area contributed by atoms with Crippen LogP contribution in [-0.2, 0) is 6.61 Å². The van der Waals surface area contributed by atoms with Crippen molar-refractivity contribution < 1.29 is 9.53 Å². The third-order valence-corrected chi connectivity index (χ3v) is 5.22. The molecule has 1 heterocycles. The van der Waals surface area contributed by atoms with E-state index in [1.54, 1.807) is 0 Å². The molecule has 0 aliphatic rings. The molecule has 0 spiro atoms. The first-order valence-corrected chi connectivity index (χ1v) is 9.46. The lowest BCUT2D eigenvalue weighted by Crippen LogP contribution is -2.11. The number of rotatable bonds is 5. The summed E-state index contributed by atoms with van der Waals surface area (Å²) in [5.74, 6) is 0.803. The SMILES string of the molecule is Cc1ccc(NC(=O)c2cc(COc3cc(C)ccc3C)cs2)c(C)c1. The van der Waals surface area contributed by atoms with Crippen LogP contribution in [-0.4, -0.2) is 5.91 Å². The second-order valence-electron chi connectivity index (χ2n) is 6.65. The molecule has 3 rings (SSSR count). The molecular weight excluding hydrogens is 342 g/mol. The Morgan fingerprint density at radius 1 is 0.962 bits per heavy atom. The summed E-state index contributed by atoms with van der Waals surface area (Å²) in [6, 6.07) is 14.1. The number of nitrogens with one attached hydrogen (secondary N) is 1. The van der Waals surface area contributed by atoms with E-state index >= 15 is 0 Å². The first-order valence-electron chi connectivity index (χ1n) is 8.58. The lowest BCUT2D eigenvalue weighted by Gasteiger charge is -2.09. The lowest BCUT2D eigenvalue weighted by atomic mass is 10.1. The van der Waals surface area contributed by atoms with Gasteiger partial charge in [-0.15, -0.1) is 11.3 Å². The van der Waals surface area contributed by atoms with Crippen molar-refractivity contribution in [1.29, 1.82) is 0 Å². The Bertz CT molecular complexity index is 943. The van der Waals surface area contributed by atoms with Crippen molar-refractivity contribution in [3.8, 4) is 5.75 Å². The average molecular weight is 365 g/mol. The number of carbonyl (C=O) groups excluding carboxylic acids is 1. The molecule has 3 aromatic rings. The summed E-state index contributed by atoms with van der Waals surface area (Å²) in [6.07, 6.45) is 0. The van der Waals surface area contributed by atoms with E-state index in [9.17, 15) is 4.79 Å². The van der Waals surface area contributed by atoms with Crippen LogP contribution in [0.25, 0.3) is 0 Å². The first-order chi connectivity index (χ1) is 12.4. The van der Waals surface area contributed by atoms with Crippen molar-refractivity contribution in [3.05, 3.63) is 80.5 Å². The molecule has 4 heteroatoms. The number of aryl methyl sites for hydroxylation is 4. The van der Waals surface area contributed by atoms with E-state index in [0.29, 0.717) is 11.5 Å². The fourth-order valence-corrected chi connectivity index (χ4v) is 3.52. The number of benzene rings is 2. The average Bonchev–Trinajstić information content (AvgIpc) is 3.07. The van der Waals surface area contributed by atoms with E-state index in [1.807, 2.05) is 57.3 Å². The number of carbonyl (C=O) groups is 1. The van der Waals surface area contributed by atoms with E-state index in [0.717, 1.165) is 28.1 Å². The van der Waals surface area contributed by atoms with Gasteiger partial charge in [-0.25, -0.2) is 0 Å². The van der Waals surface area contributed by atoms with Gasteiger partial charge < -0.3 is 10.1 Å². The standard InChI is InChI=1S/C22H23NO2S/c1-14-6-8-19(17(4)9-14)23-22(24)21-11-18(13-26-21)12-25-20-10-15(2)5-7-16(20)3/h5-11,13H,12H2,1-4H3,(H,23,24). The van der Waals surface area contributed by atoms with Crippen molar-refractivity contribution in [2.75, 3.05) is 5.32 Å². The van der Waals surface area contributed by atoms with Crippen molar-refractivity contribution in [1.82, 2.24) is 0 Å². The summed E-state index contributed by atoms with van der Waals surface area (Å²) in [4.78, 5) is 13.2. The molecular formula is C22H23NO2S. The van der Waals surface area contributed by atoms with Crippen LogP contribution in [0.3, 0.4) is 0 Å². The molecule has 0 fully saturated rings. The molecule has 0 unspecified atom stereocenters. The molecule has 1 aromatic heterocycles. The second kappa shape index (κ2) is 7.75. The van der Waals surface area contributed by atoms with Gasteiger partial charge in [-0.2, -0.15) is 0 Å². The Kier molecular flexibility index (Phi) is 5.43. The minimum Gasteiger partial charge on any atom is -0.489 e. The molecule has 0 saturated heterocycles. The summed E-state index contributed by atoms with van der Waals surface area (Å²) in [5, 5.41) is 4.96. The fraction of sp³-hybridized carbons (Fsp3) is 0.227. The van der Waals surface area contributed by atoms with Gasteiger partial charge in [-0.05, 0) is 68.0 Å².